The molecular weight excluding hydrogens is 316 g/mol. The third kappa shape index (κ3) is 4.16. The highest BCUT2D eigenvalue weighted by Gasteiger charge is 2.20. The Balaban J connectivity index is 1.92. The van der Waals surface area contributed by atoms with E-state index in [-0.39, 0.29) is 0 Å². The summed E-state index contributed by atoms with van der Waals surface area (Å²) in [4.78, 5) is 11.8. The highest BCUT2D eigenvalue weighted by molar-refractivity contribution is 5.50. The SMILES string of the molecule is CCOCc1nc2c(c(N(C)Cc3cn(C)nc3C)n1)CCNCC2. The largest absolute Gasteiger partial charge is 0.374 e. The highest BCUT2D eigenvalue weighted by atomic mass is 16.5. The number of anilines is 1. The highest BCUT2D eigenvalue weighted by Crippen LogP contribution is 2.24. The lowest BCUT2D eigenvalue weighted by molar-refractivity contribution is 0.128. The summed E-state index contributed by atoms with van der Waals surface area (Å²) in [6.45, 7) is 7.88. The van der Waals surface area contributed by atoms with Crippen LogP contribution in [0.1, 0.15) is 35.3 Å². The van der Waals surface area contributed by atoms with Crippen LogP contribution in [0.5, 0.6) is 0 Å². The maximum absolute atomic E-state index is 5.54. The number of aromatic nitrogens is 4. The second-order valence-electron chi connectivity index (χ2n) is 6.55. The molecule has 0 spiro atoms. The molecule has 0 amide bonds. The summed E-state index contributed by atoms with van der Waals surface area (Å²) in [5.41, 5.74) is 4.69. The molecule has 7 heteroatoms. The van der Waals surface area contributed by atoms with E-state index in [1.807, 2.05) is 25.6 Å². The quantitative estimate of drug-likeness (QED) is 0.854. The monoisotopic (exact) mass is 344 g/mol. The lowest BCUT2D eigenvalue weighted by Gasteiger charge is -2.23. The van der Waals surface area contributed by atoms with E-state index in [0.717, 1.165) is 55.5 Å². The molecule has 1 aliphatic rings. The second-order valence-corrected chi connectivity index (χ2v) is 6.55. The zero-order chi connectivity index (χ0) is 17.8. The zero-order valence-electron chi connectivity index (χ0n) is 15.7. The summed E-state index contributed by atoms with van der Waals surface area (Å²) < 4.78 is 7.41. The van der Waals surface area contributed by atoms with Crippen molar-refractivity contribution in [3.8, 4) is 0 Å². The van der Waals surface area contributed by atoms with Crippen molar-refractivity contribution in [1.82, 2.24) is 25.1 Å². The Kier molecular flexibility index (Phi) is 5.65. The van der Waals surface area contributed by atoms with E-state index in [4.69, 9.17) is 14.7 Å². The Morgan fingerprint density at radius 1 is 1.28 bits per heavy atom. The number of hydrogen-bond acceptors (Lipinski definition) is 6. The van der Waals surface area contributed by atoms with Crippen molar-refractivity contribution in [3.63, 3.8) is 0 Å². The van der Waals surface area contributed by atoms with Crippen molar-refractivity contribution in [2.75, 3.05) is 31.6 Å². The molecule has 0 bridgehead atoms. The number of hydrogen-bond donors (Lipinski definition) is 1. The van der Waals surface area contributed by atoms with Gasteiger partial charge in [0.25, 0.3) is 0 Å². The van der Waals surface area contributed by atoms with Gasteiger partial charge in [0.1, 0.15) is 12.4 Å². The fraction of sp³-hybridized carbons (Fsp3) is 0.611. The van der Waals surface area contributed by atoms with Gasteiger partial charge in [0.05, 0.1) is 11.4 Å². The molecule has 0 aliphatic carbocycles. The second kappa shape index (κ2) is 7.93. The third-order valence-corrected chi connectivity index (χ3v) is 4.53. The van der Waals surface area contributed by atoms with Crippen LogP contribution in [0.4, 0.5) is 5.82 Å². The number of rotatable bonds is 6. The molecule has 2 aromatic heterocycles. The first kappa shape index (κ1) is 17.8. The maximum Gasteiger partial charge on any atom is 0.156 e. The Hall–Kier alpha value is -1.99. The molecule has 2 aromatic rings. The third-order valence-electron chi connectivity index (χ3n) is 4.53. The van der Waals surface area contributed by atoms with Crippen LogP contribution in [-0.4, -0.2) is 46.5 Å². The molecule has 25 heavy (non-hydrogen) atoms. The summed E-state index contributed by atoms with van der Waals surface area (Å²) in [6, 6.07) is 0. The van der Waals surface area contributed by atoms with Crippen LogP contribution >= 0.6 is 0 Å². The molecule has 7 nitrogen and oxygen atoms in total. The van der Waals surface area contributed by atoms with Crippen LogP contribution in [0.15, 0.2) is 6.20 Å². The first-order chi connectivity index (χ1) is 12.1. The average molecular weight is 344 g/mol. The van der Waals surface area contributed by atoms with Gasteiger partial charge >= 0.3 is 0 Å². The Labute approximate surface area is 149 Å². The summed E-state index contributed by atoms with van der Waals surface area (Å²) in [5, 5.41) is 7.90. The molecule has 0 saturated heterocycles. The molecule has 3 rings (SSSR count). The smallest absolute Gasteiger partial charge is 0.156 e. The minimum atomic E-state index is 0.462. The Morgan fingerprint density at radius 3 is 2.80 bits per heavy atom. The maximum atomic E-state index is 5.54. The molecule has 1 N–H and O–H groups in total. The van der Waals surface area contributed by atoms with Gasteiger partial charge in [-0.15, -0.1) is 0 Å². The van der Waals surface area contributed by atoms with E-state index < -0.39 is 0 Å². The first-order valence-electron chi connectivity index (χ1n) is 8.95. The van der Waals surface area contributed by atoms with Gasteiger partial charge in [0, 0.05) is 57.5 Å². The number of nitrogens with zero attached hydrogens (tertiary/aromatic N) is 5. The molecule has 136 valence electrons. The van der Waals surface area contributed by atoms with Crippen molar-refractivity contribution >= 4 is 5.82 Å². The minimum absolute atomic E-state index is 0.462. The molecule has 0 saturated carbocycles. The molecular formula is C18H28N6O. The van der Waals surface area contributed by atoms with Crippen molar-refractivity contribution in [1.29, 1.82) is 0 Å². The number of ether oxygens (including phenoxy) is 1. The molecule has 3 heterocycles. The van der Waals surface area contributed by atoms with Crippen molar-refractivity contribution < 1.29 is 4.74 Å². The van der Waals surface area contributed by atoms with E-state index in [1.54, 1.807) is 0 Å². The number of nitrogens with one attached hydrogen (secondary N) is 1. The molecule has 0 unspecified atom stereocenters. The topological polar surface area (TPSA) is 68.1 Å². The van der Waals surface area contributed by atoms with E-state index >= 15 is 0 Å². The Morgan fingerprint density at radius 2 is 2.08 bits per heavy atom. The normalized spacial score (nSPS) is 14.2. The van der Waals surface area contributed by atoms with Gasteiger partial charge in [-0.05, 0) is 26.8 Å². The van der Waals surface area contributed by atoms with E-state index in [9.17, 15) is 0 Å². The minimum Gasteiger partial charge on any atom is -0.374 e. The lowest BCUT2D eigenvalue weighted by atomic mass is 10.1. The Bertz CT molecular complexity index is 727. The van der Waals surface area contributed by atoms with Crippen molar-refractivity contribution in [2.45, 2.75) is 39.8 Å². The van der Waals surface area contributed by atoms with Gasteiger partial charge in [-0.3, -0.25) is 4.68 Å². The van der Waals surface area contributed by atoms with Gasteiger partial charge in [0.2, 0.25) is 0 Å². The standard InChI is InChI=1S/C18H28N6O/c1-5-25-12-17-20-16-7-9-19-8-6-15(16)18(21-17)23(3)10-14-11-24(4)22-13(14)2/h11,19H,5-10,12H2,1-4H3. The molecule has 0 fully saturated rings. The van der Waals surface area contributed by atoms with Gasteiger partial charge in [0.15, 0.2) is 5.82 Å². The number of fused-ring (bicyclic) bond motifs is 1. The number of aryl methyl sites for hydroxylation is 2. The van der Waals surface area contributed by atoms with Gasteiger partial charge in [-0.25, -0.2) is 9.97 Å². The van der Waals surface area contributed by atoms with Crippen LogP contribution in [0.2, 0.25) is 0 Å². The van der Waals surface area contributed by atoms with Gasteiger partial charge in [-0.1, -0.05) is 0 Å². The molecule has 0 radical (unpaired) electrons. The van der Waals surface area contributed by atoms with E-state index in [2.05, 4.69) is 28.6 Å². The fourth-order valence-electron chi connectivity index (χ4n) is 3.28. The van der Waals surface area contributed by atoms with Crippen molar-refractivity contribution in [3.05, 3.63) is 34.5 Å². The van der Waals surface area contributed by atoms with Crippen LogP contribution in [0.3, 0.4) is 0 Å². The van der Waals surface area contributed by atoms with Crippen LogP contribution in [0, 0.1) is 6.92 Å². The van der Waals surface area contributed by atoms with E-state index in [0.29, 0.717) is 13.2 Å². The van der Waals surface area contributed by atoms with Crippen LogP contribution in [0.25, 0.3) is 0 Å². The van der Waals surface area contributed by atoms with E-state index in [1.165, 1.54) is 11.1 Å². The first-order valence-corrected chi connectivity index (χ1v) is 8.95. The summed E-state index contributed by atoms with van der Waals surface area (Å²) >= 11 is 0. The van der Waals surface area contributed by atoms with Gasteiger partial charge in [-0.2, -0.15) is 5.10 Å². The van der Waals surface area contributed by atoms with Crippen molar-refractivity contribution in [2.24, 2.45) is 7.05 Å². The predicted octanol–water partition coefficient (Wildman–Crippen LogP) is 1.38. The average Bonchev–Trinajstić information content (AvgIpc) is 2.77. The van der Waals surface area contributed by atoms with Crippen LogP contribution in [-0.2, 0) is 37.8 Å². The van der Waals surface area contributed by atoms with Crippen LogP contribution < -0.4 is 10.2 Å². The zero-order valence-corrected chi connectivity index (χ0v) is 15.7. The summed E-state index contributed by atoms with van der Waals surface area (Å²) in [7, 11) is 4.05. The fourth-order valence-corrected chi connectivity index (χ4v) is 3.28. The molecule has 1 aliphatic heterocycles. The molecule has 0 aromatic carbocycles. The lowest BCUT2D eigenvalue weighted by Crippen LogP contribution is -2.22. The predicted molar refractivity (Wildman–Crippen MR) is 97.7 cm³/mol. The summed E-state index contributed by atoms with van der Waals surface area (Å²) in [5.74, 6) is 1.79. The summed E-state index contributed by atoms with van der Waals surface area (Å²) in [6.07, 6.45) is 3.97. The molecule has 0 atom stereocenters. The van der Waals surface area contributed by atoms with Gasteiger partial charge < -0.3 is 15.0 Å².